The zero-order valence-corrected chi connectivity index (χ0v) is 20.8. The van der Waals surface area contributed by atoms with Crippen molar-refractivity contribution in [2.24, 2.45) is 0 Å². The van der Waals surface area contributed by atoms with Crippen molar-refractivity contribution < 1.29 is 28.9 Å². The molecule has 3 rings (SSSR count). The Morgan fingerprint density at radius 2 is 0.943 bits per heavy atom. The SMILES string of the molecule is CCOc1ccc(C(CCCOB(O)O)(c2ccc(OCC)cc2)c2ccc(OCC)cc2)cc1. The summed E-state index contributed by atoms with van der Waals surface area (Å²) < 4.78 is 22.1. The minimum Gasteiger partial charge on any atom is -0.494 e. The van der Waals surface area contributed by atoms with E-state index in [2.05, 4.69) is 36.4 Å². The molecule has 0 aromatic heterocycles. The molecule has 0 spiro atoms. The van der Waals surface area contributed by atoms with Crippen LogP contribution in [0.2, 0.25) is 0 Å². The Kier molecular flexibility index (Phi) is 10.0. The van der Waals surface area contributed by atoms with Gasteiger partial charge in [-0.25, -0.2) is 0 Å². The minimum atomic E-state index is -1.79. The third-order valence-electron chi connectivity index (χ3n) is 5.94. The number of hydrogen-bond donors (Lipinski definition) is 2. The molecule has 0 atom stereocenters. The molecule has 7 heteroatoms. The van der Waals surface area contributed by atoms with Crippen LogP contribution in [0.5, 0.6) is 17.2 Å². The number of ether oxygens (including phenoxy) is 3. The summed E-state index contributed by atoms with van der Waals surface area (Å²) >= 11 is 0. The largest absolute Gasteiger partial charge is 0.633 e. The van der Waals surface area contributed by atoms with Crippen LogP contribution in [0.25, 0.3) is 0 Å². The van der Waals surface area contributed by atoms with Gasteiger partial charge < -0.3 is 28.9 Å². The van der Waals surface area contributed by atoms with Crippen molar-refractivity contribution in [2.45, 2.75) is 39.0 Å². The van der Waals surface area contributed by atoms with Crippen molar-refractivity contribution in [1.29, 1.82) is 0 Å². The molecule has 0 aliphatic heterocycles. The average Bonchev–Trinajstić information content (AvgIpc) is 2.87. The summed E-state index contributed by atoms with van der Waals surface area (Å²) in [6.07, 6.45) is 1.28. The van der Waals surface area contributed by atoms with Gasteiger partial charge in [-0.1, -0.05) is 36.4 Å². The predicted molar refractivity (Wildman–Crippen MR) is 138 cm³/mol. The topological polar surface area (TPSA) is 77.4 Å². The maximum atomic E-state index is 9.17. The second-order valence-corrected chi connectivity index (χ2v) is 8.08. The average molecular weight is 478 g/mol. The number of hydrogen-bond acceptors (Lipinski definition) is 6. The van der Waals surface area contributed by atoms with E-state index in [0.717, 1.165) is 33.9 Å². The molecule has 0 bridgehead atoms. The molecule has 6 nitrogen and oxygen atoms in total. The van der Waals surface area contributed by atoms with Crippen molar-refractivity contribution in [1.82, 2.24) is 0 Å². The highest BCUT2D eigenvalue weighted by molar-refractivity contribution is 6.32. The van der Waals surface area contributed by atoms with E-state index in [-0.39, 0.29) is 6.61 Å². The summed E-state index contributed by atoms with van der Waals surface area (Å²) in [4.78, 5) is 0. The first kappa shape index (κ1) is 26.6. The Morgan fingerprint density at radius 3 is 1.23 bits per heavy atom. The fourth-order valence-electron chi connectivity index (χ4n) is 4.47. The summed E-state index contributed by atoms with van der Waals surface area (Å²) in [5, 5.41) is 18.3. The molecular weight excluding hydrogens is 443 g/mol. The molecule has 0 heterocycles. The number of rotatable bonds is 14. The van der Waals surface area contributed by atoms with Crippen LogP contribution in [0.15, 0.2) is 72.8 Å². The lowest BCUT2D eigenvalue weighted by Crippen LogP contribution is -2.30. The lowest BCUT2D eigenvalue weighted by molar-refractivity contribution is 0.179. The Bertz CT molecular complexity index is 883. The van der Waals surface area contributed by atoms with E-state index in [1.807, 2.05) is 57.2 Å². The van der Waals surface area contributed by atoms with Gasteiger partial charge in [0, 0.05) is 12.0 Å². The van der Waals surface area contributed by atoms with Crippen molar-refractivity contribution >= 4 is 7.32 Å². The third kappa shape index (κ3) is 6.78. The molecule has 0 aliphatic carbocycles. The quantitative estimate of drug-likeness (QED) is 0.193. The second kappa shape index (κ2) is 13.2. The second-order valence-electron chi connectivity index (χ2n) is 8.08. The summed E-state index contributed by atoms with van der Waals surface area (Å²) in [5.41, 5.74) is 2.76. The van der Waals surface area contributed by atoms with Gasteiger partial charge in [0.2, 0.25) is 0 Å². The smallest absolute Gasteiger partial charge is 0.494 e. The molecule has 0 fully saturated rings. The van der Waals surface area contributed by atoms with Gasteiger partial charge in [-0.2, -0.15) is 0 Å². The van der Waals surface area contributed by atoms with E-state index >= 15 is 0 Å². The molecule has 0 amide bonds. The van der Waals surface area contributed by atoms with E-state index in [9.17, 15) is 0 Å². The molecule has 186 valence electrons. The standard InChI is InChI=1S/C28H35BO6/c1-4-32-25-14-8-22(9-15-25)28(20-7-21-35-29(30)31,23-10-16-26(17-11-23)33-5-2)24-12-18-27(19-13-24)34-6-3/h8-19,30-31H,4-7,20-21H2,1-3H3. The van der Waals surface area contributed by atoms with Crippen LogP contribution >= 0.6 is 0 Å². The molecule has 35 heavy (non-hydrogen) atoms. The Balaban J connectivity index is 2.13. The molecular formula is C28H35BO6. The lowest BCUT2D eigenvalue weighted by Gasteiger charge is -2.36. The normalized spacial score (nSPS) is 11.2. The summed E-state index contributed by atoms with van der Waals surface area (Å²) in [6, 6.07) is 24.5. The molecule has 0 saturated heterocycles. The molecule has 0 aliphatic rings. The summed E-state index contributed by atoms with van der Waals surface area (Å²) in [6.45, 7) is 7.91. The first-order chi connectivity index (χ1) is 17.0. The highest BCUT2D eigenvalue weighted by atomic mass is 16.6. The molecule has 3 aromatic rings. The molecule has 0 unspecified atom stereocenters. The summed E-state index contributed by atoms with van der Waals surface area (Å²) in [5.74, 6) is 2.45. The van der Waals surface area contributed by atoms with Gasteiger partial charge in [-0.05, 0) is 86.7 Å². The minimum absolute atomic E-state index is 0.213. The fourth-order valence-corrected chi connectivity index (χ4v) is 4.47. The van der Waals surface area contributed by atoms with Crippen LogP contribution < -0.4 is 14.2 Å². The predicted octanol–water partition coefficient (Wildman–Crippen LogP) is 4.98. The Morgan fingerprint density at radius 1 is 0.600 bits per heavy atom. The van der Waals surface area contributed by atoms with E-state index in [4.69, 9.17) is 28.9 Å². The first-order valence-electron chi connectivity index (χ1n) is 12.2. The molecule has 0 radical (unpaired) electrons. The first-order valence-corrected chi connectivity index (χ1v) is 12.2. The van der Waals surface area contributed by atoms with Gasteiger partial charge in [0.15, 0.2) is 0 Å². The van der Waals surface area contributed by atoms with Gasteiger partial charge in [-0.15, -0.1) is 0 Å². The van der Waals surface area contributed by atoms with Crippen LogP contribution in [0, 0.1) is 0 Å². The monoisotopic (exact) mass is 478 g/mol. The third-order valence-corrected chi connectivity index (χ3v) is 5.94. The fraction of sp³-hybridized carbons (Fsp3) is 0.357. The van der Waals surface area contributed by atoms with Crippen LogP contribution in [-0.4, -0.2) is 43.8 Å². The van der Waals surface area contributed by atoms with Crippen molar-refractivity contribution in [3.05, 3.63) is 89.5 Å². The maximum Gasteiger partial charge on any atom is 0.633 e. The van der Waals surface area contributed by atoms with Crippen molar-refractivity contribution in [3.63, 3.8) is 0 Å². The zero-order valence-electron chi connectivity index (χ0n) is 20.8. The Labute approximate surface area is 208 Å². The Hall–Kier alpha value is -3.00. The lowest BCUT2D eigenvalue weighted by atomic mass is 9.66. The maximum absolute atomic E-state index is 9.17. The number of benzene rings is 3. The van der Waals surface area contributed by atoms with Crippen LogP contribution in [-0.2, 0) is 10.1 Å². The molecule has 2 N–H and O–H groups in total. The van der Waals surface area contributed by atoms with E-state index in [1.54, 1.807) is 0 Å². The van der Waals surface area contributed by atoms with Gasteiger partial charge in [-0.3, -0.25) is 0 Å². The van der Waals surface area contributed by atoms with Gasteiger partial charge in [0.05, 0.1) is 19.8 Å². The van der Waals surface area contributed by atoms with E-state index in [0.29, 0.717) is 32.7 Å². The highest BCUT2D eigenvalue weighted by Crippen LogP contribution is 2.44. The van der Waals surface area contributed by atoms with Crippen LogP contribution in [0.1, 0.15) is 50.3 Å². The van der Waals surface area contributed by atoms with Gasteiger partial charge >= 0.3 is 7.32 Å². The molecule has 0 saturated carbocycles. The van der Waals surface area contributed by atoms with Gasteiger partial charge in [0.25, 0.3) is 0 Å². The van der Waals surface area contributed by atoms with Crippen molar-refractivity contribution in [2.75, 3.05) is 26.4 Å². The van der Waals surface area contributed by atoms with Crippen LogP contribution in [0.4, 0.5) is 0 Å². The molecule has 3 aromatic carbocycles. The van der Waals surface area contributed by atoms with E-state index < -0.39 is 12.7 Å². The van der Waals surface area contributed by atoms with Gasteiger partial charge in [0.1, 0.15) is 17.2 Å². The zero-order chi connectivity index (χ0) is 25.1. The van der Waals surface area contributed by atoms with Crippen LogP contribution in [0.3, 0.4) is 0 Å². The summed E-state index contributed by atoms with van der Waals surface area (Å²) in [7, 11) is -1.79. The highest BCUT2D eigenvalue weighted by Gasteiger charge is 2.36. The van der Waals surface area contributed by atoms with Crippen molar-refractivity contribution in [3.8, 4) is 17.2 Å². The van der Waals surface area contributed by atoms with E-state index in [1.165, 1.54) is 0 Å².